The van der Waals surface area contributed by atoms with E-state index in [-0.39, 0.29) is 36.5 Å². The first-order valence-corrected chi connectivity index (χ1v) is 6.88. The van der Waals surface area contributed by atoms with Crippen molar-refractivity contribution in [3.8, 4) is 0 Å². The first kappa shape index (κ1) is 17.0. The molecule has 112 valence electrons. The van der Waals surface area contributed by atoms with Gasteiger partial charge in [0.25, 0.3) is 0 Å². The van der Waals surface area contributed by atoms with E-state index in [0.29, 0.717) is 13.0 Å². The Morgan fingerprint density at radius 2 is 2.15 bits per heavy atom. The number of nitrogens with one attached hydrogen (secondary N) is 1. The minimum atomic E-state index is -0.0274. The molecular formula is C15H23ClN2O2. The summed E-state index contributed by atoms with van der Waals surface area (Å²) < 4.78 is 5.74. The summed E-state index contributed by atoms with van der Waals surface area (Å²) in [6, 6.07) is 10.2. The van der Waals surface area contributed by atoms with Crippen molar-refractivity contribution < 1.29 is 9.53 Å². The molecule has 1 saturated heterocycles. The van der Waals surface area contributed by atoms with Crippen molar-refractivity contribution in [1.82, 2.24) is 5.32 Å². The van der Waals surface area contributed by atoms with Crippen LogP contribution in [0.25, 0.3) is 0 Å². The van der Waals surface area contributed by atoms with Gasteiger partial charge in [0.15, 0.2) is 0 Å². The van der Waals surface area contributed by atoms with Gasteiger partial charge in [0.1, 0.15) is 6.10 Å². The van der Waals surface area contributed by atoms with E-state index >= 15 is 0 Å². The van der Waals surface area contributed by atoms with Gasteiger partial charge in [0.05, 0.1) is 6.04 Å². The lowest BCUT2D eigenvalue weighted by molar-refractivity contribution is -0.122. The summed E-state index contributed by atoms with van der Waals surface area (Å²) in [7, 11) is 0. The average Bonchev–Trinajstić information content (AvgIpc) is 2.85. The van der Waals surface area contributed by atoms with E-state index in [1.54, 1.807) is 0 Å². The normalized spacial score (nSPS) is 22.9. The number of carbonyl (C=O) groups is 1. The van der Waals surface area contributed by atoms with E-state index in [2.05, 4.69) is 5.32 Å². The lowest BCUT2D eigenvalue weighted by Crippen LogP contribution is -2.37. The molecule has 1 aliphatic rings. The molecule has 0 aromatic heterocycles. The SMILES string of the molecule is CC(N)CCC(=O)NC1CCOC1c1ccccc1.Cl. The Kier molecular flexibility index (Phi) is 6.99. The number of hydrogen-bond acceptors (Lipinski definition) is 3. The van der Waals surface area contributed by atoms with Crippen molar-refractivity contribution in [2.24, 2.45) is 5.73 Å². The smallest absolute Gasteiger partial charge is 0.220 e. The maximum atomic E-state index is 11.9. The van der Waals surface area contributed by atoms with Gasteiger partial charge in [-0.05, 0) is 25.3 Å². The van der Waals surface area contributed by atoms with Crippen LogP contribution >= 0.6 is 12.4 Å². The highest BCUT2D eigenvalue weighted by Gasteiger charge is 2.30. The molecular weight excluding hydrogens is 276 g/mol. The van der Waals surface area contributed by atoms with E-state index in [0.717, 1.165) is 18.4 Å². The third kappa shape index (κ3) is 4.78. The zero-order chi connectivity index (χ0) is 13.7. The van der Waals surface area contributed by atoms with Gasteiger partial charge in [0, 0.05) is 19.1 Å². The molecule has 4 nitrogen and oxygen atoms in total. The molecule has 1 amide bonds. The van der Waals surface area contributed by atoms with Gasteiger partial charge in [-0.15, -0.1) is 12.4 Å². The van der Waals surface area contributed by atoms with Crippen molar-refractivity contribution in [2.75, 3.05) is 6.61 Å². The first-order chi connectivity index (χ1) is 9.16. The van der Waals surface area contributed by atoms with Gasteiger partial charge in [-0.25, -0.2) is 0 Å². The molecule has 1 aromatic rings. The summed E-state index contributed by atoms with van der Waals surface area (Å²) in [6.07, 6.45) is 2.04. The molecule has 1 aromatic carbocycles. The van der Waals surface area contributed by atoms with Crippen molar-refractivity contribution in [2.45, 2.75) is 44.4 Å². The van der Waals surface area contributed by atoms with Crippen LogP contribution in [0.1, 0.15) is 37.9 Å². The topological polar surface area (TPSA) is 64.4 Å². The van der Waals surface area contributed by atoms with Crippen LogP contribution in [-0.4, -0.2) is 24.6 Å². The highest BCUT2D eigenvalue weighted by atomic mass is 35.5. The molecule has 0 spiro atoms. The lowest BCUT2D eigenvalue weighted by Gasteiger charge is -2.20. The first-order valence-electron chi connectivity index (χ1n) is 6.88. The highest BCUT2D eigenvalue weighted by Crippen LogP contribution is 2.28. The zero-order valence-corrected chi connectivity index (χ0v) is 12.6. The standard InChI is InChI=1S/C15H22N2O2.ClH/c1-11(16)7-8-14(18)17-13-9-10-19-15(13)12-5-3-2-4-6-12;/h2-6,11,13,15H,7-10,16H2,1H3,(H,17,18);1H. The van der Waals surface area contributed by atoms with Gasteiger partial charge in [-0.1, -0.05) is 30.3 Å². The largest absolute Gasteiger partial charge is 0.371 e. The molecule has 3 unspecified atom stereocenters. The molecule has 1 fully saturated rings. The van der Waals surface area contributed by atoms with Gasteiger partial charge in [0.2, 0.25) is 5.91 Å². The predicted octanol–water partition coefficient (Wildman–Crippen LogP) is 2.18. The summed E-state index contributed by atoms with van der Waals surface area (Å²) in [5.74, 6) is 0.0636. The quantitative estimate of drug-likeness (QED) is 0.876. The molecule has 0 radical (unpaired) electrons. The third-order valence-electron chi connectivity index (χ3n) is 3.39. The average molecular weight is 299 g/mol. The van der Waals surface area contributed by atoms with E-state index in [9.17, 15) is 4.79 Å². The van der Waals surface area contributed by atoms with E-state index in [1.807, 2.05) is 37.3 Å². The molecule has 0 saturated carbocycles. The van der Waals surface area contributed by atoms with Gasteiger partial charge >= 0.3 is 0 Å². The predicted molar refractivity (Wildman–Crippen MR) is 81.8 cm³/mol. The molecule has 0 bridgehead atoms. The zero-order valence-electron chi connectivity index (χ0n) is 11.7. The number of benzene rings is 1. The number of nitrogens with two attached hydrogens (primary N) is 1. The molecule has 1 aliphatic heterocycles. The molecule has 3 atom stereocenters. The van der Waals surface area contributed by atoms with Crippen molar-refractivity contribution in [1.29, 1.82) is 0 Å². The van der Waals surface area contributed by atoms with Gasteiger partial charge in [-0.2, -0.15) is 0 Å². The maximum Gasteiger partial charge on any atom is 0.220 e. The van der Waals surface area contributed by atoms with Crippen LogP contribution in [0.15, 0.2) is 30.3 Å². The number of carbonyl (C=O) groups excluding carboxylic acids is 1. The monoisotopic (exact) mass is 298 g/mol. The summed E-state index contributed by atoms with van der Waals surface area (Å²) in [6.45, 7) is 2.61. The van der Waals surface area contributed by atoms with Crippen LogP contribution in [-0.2, 0) is 9.53 Å². The van der Waals surface area contributed by atoms with Crippen molar-refractivity contribution >= 4 is 18.3 Å². The number of hydrogen-bond donors (Lipinski definition) is 2. The summed E-state index contributed by atoms with van der Waals surface area (Å²) >= 11 is 0. The van der Waals surface area contributed by atoms with E-state index in [1.165, 1.54) is 0 Å². The number of amides is 1. The Balaban J connectivity index is 0.00000200. The third-order valence-corrected chi connectivity index (χ3v) is 3.39. The molecule has 20 heavy (non-hydrogen) atoms. The van der Waals surface area contributed by atoms with Crippen molar-refractivity contribution in [3.05, 3.63) is 35.9 Å². The summed E-state index contributed by atoms with van der Waals surface area (Å²) in [5.41, 5.74) is 6.79. The van der Waals surface area contributed by atoms with Crippen LogP contribution in [0.3, 0.4) is 0 Å². The fourth-order valence-corrected chi connectivity index (χ4v) is 2.35. The highest BCUT2D eigenvalue weighted by molar-refractivity contribution is 5.85. The lowest BCUT2D eigenvalue weighted by atomic mass is 10.0. The fourth-order valence-electron chi connectivity index (χ4n) is 2.35. The maximum absolute atomic E-state index is 11.9. The minimum Gasteiger partial charge on any atom is -0.371 e. The Morgan fingerprint density at radius 3 is 2.80 bits per heavy atom. The van der Waals surface area contributed by atoms with Crippen LogP contribution in [0.4, 0.5) is 0 Å². The molecule has 1 heterocycles. The number of ether oxygens (including phenoxy) is 1. The minimum absolute atomic E-state index is 0. The van der Waals surface area contributed by atoms with E-state index < -0.39 is 0 Å². The Bertz CT molecular complexity index is 412. The number of halogens is 1. The van der Waals surface area contributed by atoms with Gasteiger partial charge < -0.3 is 15.8 Å². The Labute approximate surface area is 126 Å². The molecule has 5 heteroatoms. The summed E-state index contributed by atoms with van der Waals surface area (Å²) in [5, 5.41) is 3.06. The van der Waals surface area contributed by atoms with Crippen LogP contribution < -0.4 is 11.1 Å². The molecule has 2 rings (SSSR count). The second-order valence-electron chi connectivity index (χ2n) is 5.18. The van der Waals surface area contributed by atoms with Crippen LogP contribution in [0.5, 0.6) is 0 Å². The summed E-state index contributed by atoms with van der Waals surface area (Å²) in [4.78, 5) is 11.9. The van der Waals surface area contributed by atoms with Gasteiger partial charge in [-0.3, -0.25) is 4.79 Å². The Hall–Kier alpha value is -1.10. The number of rotatable bonds is 5. The van der Waals surface area contributed by atoms with Crippen LogP contribution in [0.2, 0.25) is 0 Å². The van der Waals surface area contributed by atoms with Crippen LogP contribution in [0, 0.1) is 0 Å². The molecule has 0 aliphatic carbocycles. The second kappa shape index (κ2) is 8.25. The van der Waals surface area contributed by atoms with Crippen molar-refractivity contribution in [3.63, 3.8) is 0 Å². The Morgan fingerprint density at radius 1 is 1.45 bits per heavy atom. The fraction of sp³-hybridized carbons (Fsp3) is 0.533. The van der Waals surface area contributed by atoms with E-state index in [4.69, 9.17) is 10.5 Å². The molecule has 3 N–H and O–H groups in total. The second-order valence-corrected chi connectivity index (χ2v) is 5.18.